The molecule has 0 aliphatic heterocycles. The number of hydrogen-bond donors (Lipinski definition) is 2. The van der Waals surface area contributed by atoms with Crippen LogP contribution in [0.1, 0.15) is 42.3 Å². The van der Waals surface area contributed by atoms with Crippen molar-refractivity contribution in [2.45, 2.75) is 26.2 Å². The highest BCUT2D eigenvalue weighted by Crippen LogP contribution is 2.48. The number of aromatic hydroxyl groups is 2. The van der Waals surface area contributed by atoms with E-state index in [1.54, 1.807) is 12.1 Å². The van der Waals surface area contributed by atoms with Gasteiger partial charge in [-0.15, -0.1) is 0 Å². The van der Waals surface area contributed by atoms with Crippen molar-refractivity contribution in [1.82, 2.24) is 0 Å². The third-order valence-electron chi connectivity index (χ3n) is 3.77. The van der Waals surface area contributed by atoms with Gasteiger partial charge < -0.3 is 10.2 Å². The molecule has 0 saturated carbocycles. The molecule has 0 radical (unpaired) electrons. The van der Waals surface area contributed by atoms with Crippen LogP contribution in [0.4, 0.5) is 0 Å². The SMILES string of the molecule is CC(C)(C)c1cc2c(c(O)c1O)C(=O)c1ccccc1-2. The Kier molecular flexibility index (Phi) is 2.45. The molecule has 0 spiro atoms. The zero-order valence-electron chi connectivity index (χ0n) is 11.7. The molecule has 1 aliphatic rings. The summed E-state index contributed by atoms with van der Waals surface area (Å²) in [6.45, 7) is 5.86. The zero-order chi connectivity index (χ0) is 14.7. The summed E-state index contributed by atoms with van der Waals surface area (Å²) in [7, 11) is 0. The second-order valence-electron chi connectivity index (χ2n) is 6.17. The molecule has 3 rings (SSSR count). The van der Waals surface area contributed by atoms with Gasteiger partial charge in [0.25, 0.3) is 0 Å². The molecule has 1 aliphatic carbocycles. The van der Waals surface area contributed by atoms with Gasteiger partial charge in [0.2, 0.25) is 0 Å². The topological polar surface area (TPSA) is 57.5 Å². The second kappa shape index (κ2) is 3.85. The zero-order valence-corrected chi connectivity index (χ0v) is 11.7. The summed E-state index contributed by atoms with van der Waals surface area (Å²) >= 11 is 0. The first kappa shape index (κ1) is 12.7. The van der Waals surface area contributed by atoms with E-state index in [9.17, 15) is 15.0 Å². The number of phenols is 2. The molecule has 3 heteroatoms. The maximum Gasteiger partial charge on any atom is 0.198 e. The molecule has 0 amide bonds. The van der Waals surface area contributed by atoms with E-state index in [1.165, 1.54) is 0 Å². The van der Waals surface area contributed by atoms with Crippen LogP contribution in [0.25, 0.3) is 11.1 Å². The van der Waals surface area contributed by atoms with Gasteiger partial charge in [-0.25, -0.2) is 0 Å². The lowest BCUT2D eigenvalue weighted by atomic mass is 9.83. The average Bonchev–Trinajstić information content (AvgIpc) is 2.67. The Morgan fingerprint density at radius 2 is 1.50 bits per heavy atom. The first-order valence-electron chi connectivity index (χ1n) is 6.56. The Hall–Kier alpha value is -2.29. The maximum atomic E-state index is 12.4. The fraction of sp³-hybridized carbons (Fsp3) is 0.235. The molecule has 0 bridgehead atoms. The van der Waals surface area contributed by atoms with Crippen LogP contribution in [0.15, 0.2) is 30.3 Å². The van der Waals surface area contributed by atoms with E-state index in [0.717, 1.165) is 5.56 Å². The van der Waals surface area contributed by atoms with E-state index >= 15 is 0 Å². The van der Waals surface area contributed by atoms with Gasteiger partial charge in [0.1, 0.15) is 0 Å². The summed E-state index contributed by atoms with van der Waals surface area (Å²) in [5.41, 5.74) is 2.61. The van der Waals surface area contributed by atoms with E-state index in [-0.39, 0.29) is 28.3 Å². The van der Waals surface area contributed by atoms with E-state index in [0.29, 0.717) is 16.7 Å². The van der Waals surface area contributed by atoms with Crippen molar-refractivity contribution in [2.24, 2.45) is 0 Å². The summed E-state index contributed by atoms with van der Waals surface area (Å²) < 4.78 is 0. The number of carbonyl (C=O) groups excluding carboxylic acids is 1. The number of fused-ring (bicyclic) bond motifs is 3. The van der Waals surface area contributed by atoms with E-state index in [1.807, 2.05) is 39.0 Å². The molecule has 3 nitrogen and oxygen atoms in total. The first-order valence-corrected chi connectivity index (χ1v) is 6.56. The lowest BCUT2D eigenvalue weighted by Gasteiger charge is -2.22. The van der Waals surface area contributed by atoms with E-state index in [4.69, 9.17) is 0 Å². The molecular weight excluding hydrogens is 252 g/mol. The van der Waals surface area contributed by atoms with Crippen LogP contribution < -0.4 is 0 Å². The number of phenolic OH excluding ortho intramolecular Hbond substituents is 2. The first-order chi connectivity index (χ1) is 9.32. The lowest BCUT2D eigenvalue weighted by Crippen LogP contribution is -2.12. The van der Waals surface area contributed by atoms with Gasteiger partial charge in [0.05, 0.1) is 5.56 Å². The summed E-state index contributed by atoms with van der Waals surface area (Å²) in [5, 5.41) is 20.4. The second-order valence-corrected chi connectivity index (χ2v) is 6.17. The molecule has 2 aromatic carbocycles. The van der Waals surface area contributed by atoms with Gasteiger partial charge in [-0.1, -0.05) is 45.0 Å². The van der Waals surface area contributed by atoms with Gasteiger partial charge in [-0.05, 0) is 22.6 Å². The monoisotopic (exact) mass is 268 g/mol. The Bertz CT molecular complexity index is 737. The summed E-state index contributed by atoms with van der Waals surface area (Å²) in [6.07, 6.45) is 0. The van der Waals surface area contributed by atoms with E-state index in [2.05, 4.69) is 0 Å². The summed E-state index contributed by atoms with van der Waals surface area (Å²) in [5.74, 6) is -0.741. The number of carbonyl (C=O) groups is 1. The Morgan fingerprint density at radius 3 is 2.10 bits per heavy atom. The van der Waals surface area contributed by atoms with E-state index < -0.39 is 0 Å². The predicted molar refractivity (Wildman–Crippen MR) is 77.3 cm³/mol. The van der Waals surface area contributed by atoms with Gasteiger partial charge in [0, 0.05) is 11.1 Å². The smallest absolute Gasteiger partial charge is 0.198 e. The molecule has 0 unspecified atom stereocenters. The van der Waals surface area contributed by atoms with Crippen LogP contribution in [0.5, 0.6) is 11.5 Å². The highest BCUT2D eigenvalue weighted by molar-refractivity contribution is 6.23. The molecule has 2 aromatic rings. The molecule has 0 atom stereocenters. The molecule has 0 heterocycles. The van der Waals surface area contributed by atoms with Gasteiger partial charge in [-0.2, -0.15) is 0 Å². The minimum absolute atomic E-state index is 0.197. The number of ketones is 1. The maximum absolute atomic E-state index is 12.4. The highest BCUT2D eigenvalue weighted by Gasteiger charge is 2.34. The van der Waals surface area contributed by atoms with Crippen LogP contribution in [0.3, 0.4) is 0 Å². The van der Waals surface area contributed by atoms with Crippen molar-refractivity contribution in [2.75, 3.05) is 0 Å². The third-order valence-corrected chi connectivity index (χ3v) is 3.77. The summed E-state index contributed by atoms with van der Waals surface area (Å²) in [4.78, 5) is 12.4. The molecule has 0 aromatic heterocycles. The third kappa shape index (κ3) is 1.56. The largest absolute Gasteiger partial charge is 0.504 e. The van der Waals surface area contributed by atoms with Crippen molar-refractivity contribution >= 4 is 5.78 Å². The fourth-order valence-corrected chi connectivity index (χ4v) is 2.72. The van der Waals surface area contributed by atoms with Crippen LogP contribution in [0, 0.1) is 0 Å². The van der Waals surface area contributed by atoms with Crippen LogP contribution in [-0.4, -0.2) is 16.0 Å². The van der Waals surface area contributed by atoms with Gasteiger partial charge in [-0.3, -0.25) is 4.79 Å². The quantitative estimate of drug-likeness (QED) is 0.612. The Labute approximate surface area is 117 Å². The molecule has 0 fully saturated rings. The average molecular weight is 268 g/mol. The van der Waals surface area contributed by atoms with Gasteiger partial charge >= 0.3 is 0 Å². The minimum Gasteiger partial charge on any atom is -0.504 e. The van der Waals surface area contributed by atoms with Gasteiger partial charge in [0.15, 0.2) is 17.3 Å². The van der Waals surface area contributed by atoms with Crippen LogP contribution in [-0.2, 0) is 5.41 Å². The predicted octanol–water partition coefficient (Wildman–Crippen LogP) is 3.61. The molecular formula is C17H16O3. The van der Waals surface area contributed by atoms with Crippen LogP contribution >= 0.6 is 0 Å². The van der Waals surface area contributed by atoms with Crippen molar-refractivity contribution in [3.8, 4) is 22.6 Å². The van der Waals surface area contributed by atoms with Crippen molar-refractivity contribution < 1.29 is 15.0 Å². The Morgan fingerprint density at radius 1 is 0.900 bits per heavy atom. The highest BCUT2D eigenvalue weighted by atomic mass is 16.3. The molecule has 20 heavy (non-hydrogen) atoms. The number of rotatable bonds is 0. The number of hydrogen-bond acceptors (Lipinski definition) is 3. The standard InChI is InChI=1S/C17H16O3/c1-17(2,3)12-8-11-9-6-4-5-7-10(9)14(18)13(11)16(20)15(12)19/h4-8,19-20H,1-3H3. The lowest BCUT2D eigenvalue weighted by molar-refractivity contribution is 0.104. The van der Waals surface area contributed by atoms with Crippen molar-refractivity contribution in [1.29, 1.82) is 0 Å². The Balaban J connectivity index is 2.39. The molecule has 2 N–H and O–H groups in total. The fourth-order valence-electron chi connectivity index (χ4n) is 2.72. The van der Waals surface area contributed by atoms with Crippen molar-refractivity contribution in [3.05, 3.63) is 47.0 Å². The number of benzene rings is 2. The minimum atomic E-state index is -0.322. The summed E-state index contributed by atoms with van der Waals surface area (Å²) in [6, 6.07) is 9.08. The van der Waals surface area contributed by atoms with Crippen LogP contribution in [0.2, 0.25) is 0 Å². The molecule has 102 valence electrons. The van der Waals surface area contributed by atoms with Crippen molar-refractivity contribution in [3.63, 3.8) is 0 Å². The molecule has 0 saturated heterocycles. The normalized spacial score (nSPS) is 13.2.